The fourth-order valence-corrected chi connectivity index (χ4v) is 0. The third kappa shape index (κ3) is 6.21. The van der Waals surface area contributed by atoms with E-state index in [1.807, 2.05) is 14.1 Å². The van der Waals surface area contributed by atoms with Crippen molar-refractivity contribution in [2.24, 2.45) is 0 Å². The van der Waals surface area contributed by atoms with Gasteiger partial charge in [-0.1, -0.05) is 0 Å². The van der Waals surface area contributed by atoms with Crippen molar-refractivity contribution in [3.8, 4) is 0 Å². The molecular weight excluding hydrogens is 112 g/mol. The van der Waals surface area contributed by atoms with Crippen molar-refractivity contribution in [3.05, 3.63) is 0 Å². The molecule has 1 N–H and O–H groups in total. The predicted molar refractivity (Wildman–Crippen MR) is 26.5 cm³/mol. The molecule has 0 atom stereocenters. The molecular formula is C4H13ClN2. The molecule has 0 aromatic heterocycles. The molecule has 0 amide bonds. The minimum atomic E-state index is 0. The van der Waals surface area contributed by atoms with E-state index in [0.29, 0.717) is 0 Å². The van der Waals surface area contributed by atoms with Crippen molar-refractivity contribution in [1.82, 2.24) is 5.01 Å². The number of halogens is 1. The molecule has 0 fully saturated rings. The number of rotatable bonds is 1. The summed E-state index contributed by atoms with van der Waals surface area (Å²) in [6.45, 7) is 0. The van der Waals surface area contributed by atoms with Crippen molar-refractivity contribution in [3.63, 3.8) is 0 Å². The Morgan fingerprint density at radius 2 is 1.29 bits per heavy atom. The zero-order chi connectivity index (χ0) is 5.15. The van der Waals surface area contributed by atoms with E-state index in [1.54, 1.807) is 0 Å². The highest BCUT2D eigenvalue weighted by Gasteiger charge is 1.89. The summed E-state index contributed by atoms with van der Waals surface area (Å²) in [6, 6.07) is 0. The number of quaternary nitrogens is 1. The highest BCUT2D eigenvalue weighted by molar-refractivity contribution is 3.95. The van der Waals surface area contributed by atoms with Crippen molar-refractivity contribution < 1.29 is 17.4 Å². The van der Waals surface area contributed by atoms with E-state index in [-0.39, 0.29) is 12.4 Å². The smallest absolute Gasteiger partial charge is 0.0841 e. The van der Waals surface area contributed by atoms with Gasteiger partial charge < -0.3 is 12.4 Å². The van der Waals surface area contributed by atoms with Crippen LogP contribution < -0.4 is 17.4 Å². The van der Waals surface area contributed by atoms with Gasteiger partial charge in [0.2, 0.25) is 0 Å². The zero-order valence-electron chi connectivity index (χ0n) is 5.33. The van der Waals surface area contributed by atoms with Gasteiger partial charge >= 0.3 is 0 Å². The van der Waals surface area contributed by atoms with Crippen LogP contribution in [0.2, 0.25) is 0 Å². The molecule has 3 heteroatoms. The molecule has 0 radical (unpaired) electrons. The summed E-state index contributed by atoms with van der Waals surface area (Å²) in [5.41, 5.74) is 0. The molecule has 0 aliphatic heterocycles. The minimum Gasteiger partial charge on any atom is -1.00 e. The van der Waals surface area contributed by atoms with Crippen LogP contribution in [0.5, 0.6) is 0 Å². The summed E-state index contributed by atoms with van der Waals surface area (Å²) in [5, 5.41) is 3.43. The van der Waals surface area contributed by atoms with E-state index in [0.717, 1.165) is 0 Å². The second-order valence-corrected chi connectivity index (χ2v) is 1.84. The molecule has 46 valence electrons. The Morgan fingerprint density at radius 3 is 1.29 bits per heavy atom. The lowest BCUT2D eigenvalue weighted by molar-refractivity contribution is -0.975. The fourth-order valence-electron chi connectivity index (χ4n) is 0. The standard InChI is InChI=1S/C4H12N2.ClH/c1-5(2)6(3)4;/h1-4H3;1H. The van der Waals surface area contributed by atoms with Crippen molar-refractivity contribution >= 4 is 0 Å². The Labute approximate surface area is 51.5 Å². The Kier molecular flexibility index (Phi) is 6.40. The second kappa shape index (κ2) is 4.37. The SMILES string of the molecule is CN(C)[NH+](C)C.[Cl-]. The van der Waals surface area contributed by atoms with Gasteiger partial charge in [-0.2, -0.15) is 5.01 Å². The van der Waals surface area contributed by atoms with E-state index < -0.39 is 0 Å². The maximum absolute atomic E-state index is 2.08. The summed E-state index contributed by atoms with van der Waals surface area (Å²) in [6.07, 6.45) is 0. The molecule has 0 spiro atoms. The van der Waals surface area contributed by atoms with Crippen LogP contribution >= 0.6 is 0 Å². The Bertz CT molecular complexity index is 30.7. The summed E-state index contributed by atoms with van der Waals surface area (Å²) in [4.78, 5) is 0. The van der Waals surface area contributed by atoms with E-state index in [9.17, 15) is 0 Å². The van der Waals surface area contributed by atoms with Crippen LogP contribution in [0, 0.1) is 0 Å². The molecule has 7 heavy (non-hydrogen) atoms. The quantitative estimate of drug-likeness (QED) is 0.347. The summed E-state index contributed by atoms with van der Waals surface area (Å²) in [7, 11) is 8.24. The molecule has 0 saturated heterocycles. The Balaban J connectivity index is 0. The summed E-state index contributed by atoms with van der Waals surface area (Å²) >= 11 is 0. The summed E-state index contributed by atoms with van der Waals surface area (Å²) < 4.78 is 0. The van der Waals surface area contributed by atoms with Crippen molar-refractivity contribution in [1.29, 1.82) is 0 Å². The van der Waals surface area contributed by atoms with Gasteiger partial charge in [-0.05, 0) is 0 Å². The van der Waals surface area contributed by atoms with Crippen molar-refractivity contribution in [2.45, 2.75) is 0 Å². The van der Waals surface area contributed by atoms with Gasteiger partial charge in [0.05, 0.1) is 14.1 Å². The van der Waals surface area contributed by atoms with Crippen LogP contribution in [0.4, 0.5) is 0 Å². The van der Waals surface area contributed by atoms with Crippen LogP contribution in [-0.2, 0) is 0 Å². The Hall–Kier alpha value is 0.210. The maximum atomic E-state index is 2.08. The monoisotopic (exact) mass is 124 g/mol. The fraction of sp³-hybridized carbons (Fsp3) is 1.00. The Morgan fingerprint density at radius 1 is 1.14 bits per heavy atom. The first kappa shape index (κ1) is 10.2. The van der Waals surface area contributed by atoms with Crippen LogP contribution in [0.3, 0.4) is 0 Å². The van der Waals surface area contributed by atoms with Gasteiger partial charge in [-0.3, -0.25) is 5.01 Å². The lowest BCUT2D eigenvalue weighted by Crippen LogP contribution is -3.11. The first-order valence-corrected chi connectivity index (χ1v) is 2.12. The largest absolute Gasteiger partial charge is 1.00 e. The number of nitrogens with zero attached hydrogens (tertiary/aromatic N) is 1. The van der Waals surface area contributed by atoms with Crippen molar-refractivity contribution in [2.75, 3.05) is 28.2 Å². The average molecular weight is 125 g/mol. The molecule has 2 nitrogen and oxygen atoms in total. The lowest BCUT2D eigenvalue weighted by Gasteiger charge is -2.13. The molecule has 0 aromatic carbocycles. The van der Waals surface area contributed by atoms with Gasteiger partial charge in [0.15, 0.2) is 0 Å². The first-order chi connectivity index (χ1) is 2.64. The van der Waals surface area contributed by atoms with Crippen LogP contribution in [-0.4, -0.2) is 33.2 Å². The number of nitrogens with one attached hydrogen (secondary N) is 1. The van der Waals surface area contributed by atoms with E-state index in [2.05, 4.69) is 19.1 Å². The lowest BCUT2D eigenvalue weighted by atomic mass is 11.0. The normalized spacial score (nSPS) is 9.43. The molecule has 0 aliphatic carbocycles. The van der Waals surface area contributed by atoms with E-state index >= 15 is 0 Å². The molecule has 0 saturated carbocycles. The molecule has 0 aliphatic rings. The van der Waals surface area contributed by atoms with Crippen LogP contribution in [0.25, 0.3) is 0 Å². The number of hydrogen-bond acceptors (Lipinski definition) is 1. The average Bonchev–Trinajstić information content (AvgIpc) is 1.36. The zero-order valence-corrected chi connectivity index (χ0v) is 6.08. The third-order valence-electron chi connectivity index (χ3n) is 0.894. The van der Waals surface area contributed by atoms with Crippen LogP contribution in [0.15, 0.2) is 0 Å². The van der Waals surface area contributed by atoms with Gasteiger partial charge in [0.25, 0.3) is 0 Å². The molecule has 0 unspecified atom stereocenters. The highest BCUT2D eigenvalue weighted by atomic mass is 35.5. The van der Waals surface area contributed by atoms with Gasteiger partial charge in [-0.25, -0.2) is 0 Å². The molecule has 0 bridgehead atoms. The van der Waals surface area contributed by atoms with E-state index in [1.165, 1.54) is 5.01 Å². The van der Waals surface area contributed by atoms with Gasteiger partial charge in [0, 0.05) is 14.1 Å². The van der Waals surface area contributed by atoms with Gasteiger partial charge in [-0.15, -0.1) is 0 Å². The molecule has 0 aromatic rings. The predicted octanol–water partition coefficient (Wildman–Crippen LogP) is -4.39. The van der Waals surface area contributed by atoms with E-state index in [4.69, 9.17) is 0 Å². The topological polar surface area (TPSA) is 7.68 Å². The number of hydrogen-bond donors (Lipinski definition) is 1. The third-order valence-corrected chi connectivity index (χ3v) is 0.894. The molecule has 0 heterocycles. The maximum Gasteiger partial charge on any atom is 0.0841 e. The van der Waals surface area contributed by atoms with Gasteiger partial charge in [0.1, 0.15) is 0 Å². The second-order valence-electron chi connectivity index (χ2n) is 1.84. The molecule has 0 rings (SSSR count). The summed E-state index contributed by atoms with van der Waals surface area (Å²) in [5.74, 6) is 0. The first-order valence-electron chi connectivity index (χ1n) is 2.12. The minimum absolute atomic E-state index is 0. The van der Waals surface area contributed by atoms with Crippen LogP contribution in [0.1, 0.15) is 0 Å². The highest BCUT2D eigenvalue weighted by Crippen LogP contribution is 1.40.